The van der Waals surface area contributed by atoms with Crippen LogP contribution in [0.5, 0.6) is 0 Å². The van der Waals surface area contributed by atoms with Crippen LogP contribution in [-0.4, -0.2) is 4.57 Å². The molecule has 2 aliphatic carbocycles. The first-order valence-corrected chi connectivity index (χ1v) is 19.8. The van der Waals surface area contributed by atoms with E-state index in [-0.39, 0.29) is 10.8 Å². The lowest BCUT2D eigenvalue weighted by Gasteiger charge is -2.31. The maximum atomic E-state index is 2.54. The summed E-state index contributed by atoms with van der Waals surface area (Å²) in [7, 11) is 0. The molecule has 0 aliphatic heterocycles. The molecule has 2 aliphatic rings. The van der Waals surface area contributed by atoms with Crippen molar-refractivity contribution in [3.8, 4) is 39.1 Å². The first-order valence-electron chi connectivity index (χ1n) is 19.8. The minimum absolute atomic E-state index is 0.0709. The second kappa shape index (κ2) is 11.9. The van der Waals surface area contributed by atoms with Gasteiger partial charge in [0.05, 0.1) is 22.4 Å². The van der Waals surface area contributed by atoms with Gasteiger partial charge in [-0.2, -0.15) is 0 Å². The van der Waals surface area contributed by atoms with Crippen molar-refractivity contribution in [3.05, 3.63) is 204 Å². The van der Waals surface area contributed by atoms with Crippen LogP contribution in [0.3, 0.4) is 0 Å². The van der Waals surface area contributed by atoms with Gasteiger partial charge in [-0.15, -0.1) is 0 Å². The highest BCUT2D eigenvalue weighted by molar-refractivity contribution is 6.11. The van der Waals surface area contributed by atoms with Crippen molar-refractivity contribution in [2.45, 2.75) is 38.5 Å². The molecule has 8 aromatic carbocycles. The van der Waals surface area contributed by atoms with Crippen molar-refractivity contribution in [2.75, 3.05) is 4.90 Å². The lowest BCUT2D eigenvalue weighted by atomic mass is 9.82. The Morgan fingerprint density at radius 3 is 1.80 bits per heavy atom. The number of anilines is 3. The highest BCUT2D eigenvalue weighted by atomic mass is 15.1. The van der Waals surface area contributed by atoms with E-state index in [1.165, 1.54) is 88.8 Å². The molecule has 0 bridgehead atoms. The monoisotopic (exact) mass is 718 g/mol. The number of aromatic nitrogens is 1. The number of para-hydroxylation sites is 3. The maximum absolute atomic E-state index is 2.54. The Morgan fingerprint density at radius 2 is 0.982 bits per heavy atom. The van der Waals surface area contributed by atoms with E-state index in [1.807, 2.05) is 0 Å². The zero-order valence-electron chi connectivity index (χ0n) is 32.2. The third-order valence-electron chi connectivity index (χ3n) is 12.8. The van der Waals surface area contributed by atoms with Gasteiger partial charge in [-0.3, -0.25) is 0 Å². The minimum atomic E-state index is -0.119. The predicted molar refractivity (Wildman–Crippen MR) is 236 cm³/mol. The third kappa shape index (κ3) is 4.56. The molecular formula is C54H42N2. The molecule has 0 N–H and O–H groups in total. The van der Waals surface area contributed by atoms with Crippen LogP contribution >= 0.6 is 0 Å². The van der Waals surface area contributed by atoms with Crippen molar-refractivity contribution in [2.24, 2.45) is 0 Å². The lowest BCUT2D eigenvalue weighted by molar-refractivity contribution is 0.660. The Balaban J connectivity index is 1.18. The van der Waals surface area contributed by atoms with Gasteiger partial charge in [0.2, 0.25) is 0 Å². The molecule has 0 atom stereocenters. The molecule has 0 saturated heterocycles. The van der Waals surface area contributed by atoms with Crippen LogP contribution in [0.1, 0.15) is 49.9 Å². The molecule has 0 unspecified atom stereocenters. The molecule has 0 fully saturated rings. The summed E-state index contributed by atoms with van der Waals surface area (Å²) in [6, 6.07) is 67.6. The maximum Gasteiger partial charge on any atom is 0.0543 e. The molecule has 9 aromatic rings. The van der Waals surface area contributed by atoms with Gasteiger partial charge in [0.15, 0.2) is 0 Å². The second-order valence-electron chi connectivity index (χ2n) is 16.5. The van der Waals surface area contributed by atoms with E-state index >= 15 is 0 Å². The lowest BCUT2D eigenvalue weighted by Crippen LogP contribution is -2.17. The molecular weight excluding hydrogens is 677 g/mol. The van der Waals surface area contributed by atoms with Crippen molar-refractivity contribution < 1.29 is 0 Å². The Bertz CT molecular complexity index is 3030. The molecule has 0 radical (unpaired) electrons. The van der Waals surface area contributed by atoms with Gasteiger partial charge in [-0.05, 0) is 99.1 Å². The van der Waals surface area contributed by atoms with Crippen molar-refractivity contribution in [1.29, 1.82) is 0 Å². The quantitative estimate of drug-likeness (QED) is 0.172. The summed E-state index contributed by atoms with van der Waals surface area (Å²) in [6.07, 6.45) is 0. The summed E-state index contributed by atoms with van der Waals surface area (Å²) in [6.45, 7) is 9.46. The number of rotatable bonds is 5. The number of benzene rings is 8. The SMILES string of the molecule is CC1(C)c2ccccc2-c2cc(N(c3ccccc3-c3ccc4c(c3)c3ccccc3n4-c3ccccc3)c3cccc4c3-c3ccccc3C4(C)C)ccc21. The average molecular weight is 719 g/mol. The van der Waals surface area contributed by atoms with Crippen LogP contribution < -0.4 is 4.90 Å². The van der Waals surface area contributed by atoms with E-state index < -0.39 is 0 Å². The molecule has 56 heavy (non-hydrogen) atoms. The van der Waals surface area contributed by atoms with Gasteiger partial charge in [-0.1, -0.05) is 155 Å². The second-order valence-corrected chi connectivity index (χ2v) is 16.5. The van der Waals surface area contributed by atoms with Crippen LogP contribution in [0.25, 0.3) is 60.9 Å². The molecule has 2 heteroatoms. The van der Waals surface area contributed by atoms with E-state index in [0.717, 1.165) is 11.4 Å². The van der Waals surface area contributed by atoms with E-state index in [4.69, 9.17) is 0 Å². The molecule has 11 rings (SSSR count). The Morgan fingerprint density at radius 1 is 0.393 bits per heavy atom. The zero-order valence-corrected chi connectivity index (χ0v) is 32.2. The number of hydrogen-bond donors (Lipinski definition) is 0. The highest BCUT2D eigenvalue weighted by Gasteiger charge is 2.39. The fourth-order valence-corrected chi connectivity index (χ4v) is 10.1. The minimum Gasteiger partial charge on any atom is -0.309 e. The summed E-state index contributed by atoms with van der Waals surface area (Å²) >= 11 is 0. The first-order chi connectivity index (χ1) is 27.3. The Kier molecular flexibility index (Phi) is 6.98. The first kappa shape index (κ1) is 32.8. The Labute approximate surface area is 328 Å². The number of hydrogen-bond acceptors (Lipinski definition) is 1. The van der Waals surface area contributed by atoms with E-state index in [2.05, 4.69) is 219 Å². The van der Waals surface area contributed by atoms with Crippen LogP contribution in [0.15, 0.2) is 182 Å². The van der Waals surface area contributed by atoms with Gasteiger partial charge in [0.1, 0.15) is 0 Å². The largest absolute Gasteiger partial charge is 0.309 e. The van der Waals surface area contributed by atoms with Crippen LogP contribution in [0.4, 0.5) is 17.1 Å². The summed E-state index contributed by atoms with van der Waals surface area (Å²) in [4.78, 5) is 2.54. The molecule has 0 saturated carbocycles. The number of nitrogens with zero attached hydrogens (tertiary/aromatic N) is 2. The predicted octanol–water partition coefficient (Wildman–Crippen LogP) is 14.5. The third-order valence-corrected chi connectivity index (χ3v) is 12.8. The summed E-state index contributed by atoms with van der Waals surface area (Å²) in [5.74, 6) is 0. The molecule has 268 valence electrons. The van der Waals surface area contributed by atoms with E-state index in [1.54, 1.807) is 0 Å². The van der Waals surface area contributed by atoms with Gasteiger partial charge >= 0.3 is 0 Å². The number of fused-ring (bicyclic) bond motifs is 9. The normalized spacial score (nSPS) is 14.4. The fourth-order valence-electron chi connectivity index (χ4n) is 10.1. The van der Waals surface area contributed by atoms with Gasteiger partial charge < -0.3 is 9.47 Å². The standard InChI is InChI=1S/C54H42N2/c1-53(2)44-23-12-8-20-39(44)42-34-37(30-31-46(42)53)56(51-28-16-25-47-52(51)41-22-9-13-24-45(41)54(47,3)4)48-26-14-10-19-38(48)35-29-32-50-43(33-35)40-21-11-15-27-49(40)55(50)36-17-6-5-7-18-36/h5-34H,1-4H3. The van der Waals surface area contributed by atoms with E-state index in [9.17, 15) is 0 Å². The van der Waals surface area contributed by atoms with Gasteiger partial charge in [0.25, 0.3) is 0 Å². The summed E-state index contributed by atoms with van der Waals surface area (Å²) in [5.41, 5.74) is 20.0. The molecule has 0 spiro atoms. The van der Waals surface area contributed by atoms with E-state index in [0.29, 0.717) is 0 Å². The molecule has 2 nitrogen and oxygen atoms in total. The smallest absolute Gasteiger partial charge is 0.0543 e. The molecule has 1 heterocycles. The fraction of sp³-hybridized carbons (Fsp3) is 0.111. The topological polar surface area (TPSA) is 8.17 Å². The van der Waals surface area contributed by atoms with Gasteiger partial charge in [-0.25, -0.2) is 0 Å². The van der Waals surface area contributed by atoms with Gasteiger partial charge in [0, 0.05) is 44.1 Å². The van der Waals surface area contributed by atoms with Crippen molar-refractivity contribution in [1.82, 2.24) is 4.57 Å². The highest BCUT2D eigenvalue weighted by Crippen LogP contribution is 2.56. The molecule has 1 aromatic heterocycles. The zero-order chi connectivity index (χ0) is 37.8. The van der Waals surface area contributed by atoms with Crippen LogP contribution in [0, 0.1) is 0 Å². The molecule has 0 amide bonds. The average Bonchev–Trinajstić information content (AvgIpc) is 3.78. The van der Waals surface area contributed by atoms with Crippen LogP contribution in [0.2, 0.25) is 0 Å². The summed E-state index contributed by atoms with van der Waals surface area (Å²) < 4.78 is 2.39. The van der Waals surface area contributed by atoms with Crippen molar-refractivity contribution >= 4 is 38.9 Å². The Hall–Kier alpha value is -6.64. The summed E-state index contributed by atoms with van der Waals surface area (Å²) in [5, 5.41) is 2.50. The van der Waals surface area contributed by atoms with Crippen LogP contribution in [-0.2, 0) is 10.8 Å². The van der Waals surface area contributed by atoms with Crippen molar-refractivity contribution in [3.63, 3.8) is 0 Å².